The molecule has 0 bridgehead atoms. The first-order valence-electron chi connectivity index (χ1n) is 7.18. The van der Waals surface area contributed by atoms with E-state index in [1.807, 2.05) is 0 Å². The van der Waals surface area contributed by atoms with Crippen LogP contribution in [0, 0.1) is 5.92 Å². The molecule has 1 fully saturated rings. The Labute approximate surface area is 113 Å². The molecule has 1 saturated carbocycles. The monoisotopic (exact) mass is 263 g/mol. The predicted octanol–water partition coefficient (Wildman–Crippen LogP) is 3.78. The summed E-state index contributed by atoms with van der Waals surface area (Å²) in [5, 5.41) is 3.69. The lowest BCUT2D eigenvalue weighted by molar-refractivity contribution is 0.143. The minimum Gasteiger partial charge on any atom is -0.382 e. The summed E-state index contributed by atoms with van der Waals surface area (Å²) in [7, 11) is 0. The molecular formula is C14H30ClNO. The first kappa shape index (κ1) is 17.2. The van der Waals surface area contributed by atoms with Crippen LogP contribution in [0.5, 0.6) is 0 Å². The van der Waals surface area contributed by atoms with Crippen molar-refractivity contribution in [1.29, 1.82) is 0 Å². The summed E-state index contributed by atoms with van der Waals surface area (Å²) < 4.78 is 5.33. The molecule has 1 N–H and O–H groups in total. The summed E-state index contributed by atoms with van der Waals surface area (Å²) in [5.41, 5.74) is 0. The molecule has 0 spiro atoms. The second kappa shape index (κ2) is 11.3. The Morgan fingerprint density at radius 2 is 1.76 bits per heavy atom. The largest absolute Gasteiger partial charge is 0.382 e. The van der Waals surface area contributed by atoms with E-state index in [1.165, 1.54) is 51.5 Å². The summed E-state index contributed by atoms with van der Waals surface area (Å²) in [4.78, 5) is 0. The quantitative estimate of drug-likeness (QED) is 0.673. The molecular weight excluding hydrogens is 234 g/mol. The third-order valence-corrected chi connectivity index (χ3v) is 3.78. The molecule has 0 aromatic heterocycles. The highest BCUT2D eigenvalue weighted by Crippen LogP contribution is 2.26. The van der Waals surface area contributed by atoms with Gasteiger partial charge in [0.2, 0.25) is 0 Å². The van der Waals surface area contributed by atoms with Crippen LogP contribution in [0.3, 0.4) is 0 Å². The van der Waals surface area contributed by atoms with Crippen LogP contribution in [0.1, 0.15) is 58.8 Å². The Morgan fingerprint density at radius 3 is 2.35 bits per heavy atom. The van der Waals surface area contributed by atoms with Gasteiger partial charge in [-0.25, -0.2) is 0 Å². The first-order chi connectivity index (χ1) is 7.86. The van der Waals surface area contributed by atoms with Crippen LogP contribution in [0.25, 0.3) is 0 Å². The predicted molar refractivity (Wildman–Crippen MR) is 77.0 cm³/mol. The third-order valence-electron chi connectivity index (χ3n) is 3.78. The van der Waals surface area contributed by atoms with Gasteiger partial charge in [-0.1, -0.05) is 13.3 Å². The maximum absolute atomic E-state index is 5.33. The van der Waals surface area contributed by atoms with Gasteiger partial charge in [0.05, 0.1) is 0 Å². The summed E-state index contributed by atoms with van der Waals surface area (Å²) >= 11 is 0. The van der Waals surface area contributed by atoms with E-state index >= 15 is 0 Å². The number of hydrogen-bond donors (Lipinski definition) is 1. The molecule has 0 aliphatic heterocycles. The van der Waals surface area contributed by atoms with Gasteiger partial charge in [-0.15, -0.1) is 12.4 Å². The number of halogens is 1. The minimum absolute atomic E-state index is 0. The molecule has 104 valence electrons. The number of nitrogens with one attached hydrogen (secondary N) is 1. The number of unbranched alkanes of at least 4 members (excludes halogenated alkanes) is 1. The normalized spacial score (nSPS) is 24.4. The third kappa shape index (κ3) is 8.01. The van der Waals surface area contributed by atoms with Gasteiger partial charge in [0.15, 0.2) is 0 Å². The topological polar surface area (TPSA) is 21.3 Å². The highest BCUT2D eigenvalue weighted by atomic mass is 35.5. The van der Waals surface area contributed by atoms with Gasteiger partial charge in [-0.2, -0.15) is 0 Å². The minimum atomic E-state index is 0. The van der Waals surface area contributed by atoms with Crippen LogP contribution in [0.4, 0.5) is 0 Å². The van der Waals surface area contributed by atoms with Crippen LogP contribution >= 0.6 is 12.4 Å². The van der Waals surface area contributed by atoms with Crippen LogP contribution in [-0.4, -0.2) is 25.8 Å². The zero-order valence-electron chi connectivity index (χ0n) is 11.5. The van der Waals surface area contributed by atoms with Crippen molar-refractivity contribution in [3.05, 3.63) is 0 Å². The molecule has 0 radical (unpaired) electrons. The summed E-state index contributed by atoms with van der Waals surface area (Å²) in [6, 6.07) is 0.801. The lowest BCUT2D eigenvalue weighted by Crippen LogP contribution is -2.33. The van der Waals surface area contributed by atoms with Crippen LogP contribution in [-0.2, 0) is 4.74 Å². The van der Waals surface area contributed by atoms with Crippen LogP contribution < -0.4 is 5.32 Å². The molecule has 1 rings (SSSR count). The van der Waals surface area contributed by atoms with E-state index < -0.39 is 0 Å². The average molecular weight is 264 g/mol. The van der Waals surface area contributed by atoms with Gasteiger partial charge in [-0.05, 0) is 57.9 Å². The Balaban J connectivity index is 0.00000256. The lowest BCUT2D eigenvalue weighted by Gasteiger charge is -2.28. The number of hydrogen-bond acceptors (Lipinski definition) is 2. The molecule has 1 aliphatic carbocycles. The van der Waals surface area contributed by atoms with E-state index in [0.29, 0.717) is 0 Å². The van der Waals surface area contributed by atoms with Gasteiger partial charge < -0.3 is 10.1 Å². The molecule has 0 aromatic carbocycles. The second-order valence-corrected chi connectivity index (χ2v) is 4.98. The number of rotatable bonds is 8. The summed E-state index contributed by atoms with van der Waals surface area (Å²) in [6.07, 6.45) is 9.49. The zero-order valence-corrected chi connectivity index (χ0v) is 12.4. The highest BCUT2D eigenvalue weighted by molar-refractivity contribution is 5.85. The zero-order chi connectivity index (χ0) is 11.6. The number of ether oxygens (including phenoxy) is 1. The van der Waals surface area contributed by atoms with E-state index in [1.54, 1.807) is 0 Å². The van der Waals surface area contributed by atoms with Crippen molar-refractivity contribution in [1.82, 2.24) is 5.32 Å². The van der Waals surface area contributed by atoms with E-state index in [-0.39, 0.29) is 12.4 Å². The van der Waals surface area contributed by atoms with Crippen molar-refractivity contribution in [2.45, 2.75) is 64.8 Å². The van der Waals surface area contributed by atoms with Crippen LogP contribution in [0.15, 0.2) is 0 Å². The smallest absolute Gasteiger partial charge is 0.0466 e. The Morgan fingerprint density at radius 1 is 1.06 bits per heavy atom. The fraction of sp³-hybridized carbons (Fsp3) is 1.00. The Hall–Kier alpha value is 0.210. The van der Waals surface area contributed by atoms with Gasteiger partial charge in [-0.3, -0.25) is 0 Å². The second-order valence-electron chi connectivity index (χ2n) is 4.98. The van der Waals surface area contributed by atoms with Crippen molar-refractivity contribution >= 4 is 12.4 Å². The van der Waals surface area contributed by atoms with E-state index in [0.717, 1.165) is 25.2 Å². The van der Waals surface area contributed by atoms with Crippen molar-refractivity contribution in [2.24, 2.45) is 5.92 Å². The lowest BCUT2D eigenvalue weighted by atomic mass is 9.84. The maximum Gasteiger partial charge on any atom is 0.0466 e. The molecule has 0 amide bonds. The van der Waals surface area contributed by atoms with Crippen molar-refractivity contribution in [3.63, 3.8) is 0 Å². The molecule has 1 aliphatic rings. The fourth-order valence-corrected chi connectivity index (χ4v) is 2.55. The molecule has 0 atom stereocenters. The molecule has 0 heterocycles. The van der Waals surface area contributed by atoms with Crippen molar-refractivity contribution in [2.75, 3.05) is 19.8 Å². The summed E-state index contributed by atoms with van der Waals surface area (Å²) in [5.74, 6) is 1.01. The standard InChI is InChI=1S/C14H29NO.ClH/c1-3-13-7-9-14(10-8-13)15-11-5-6-12-16-4-2;/h13-15H,3-12H2,1-2H3;1H. The average Bonchev–Trinajstić information content (AvgIpc) is 2.34. The van der Waals surface area contributed by atoms with Gasteiger partial charge in [0.25, 0.3) is 0 Å². The highest BCUT2D eigenvalue weighted by Gasteiger charge is 2.18. The van der Waals surface area contributed by atoms with Gasteiger partial charge in [0, 0.05) is 19.3 Å². The molecule has 3 heteroatoms. The van der Waals surface area contributed by atoms with Crippen LogP contribution in [0.2, 0.25) is 0 Å². The van der Waals surface area contributed by atoms with Gasteiger partial charge in [0.1, 0.15) is 0 Å². The van der Waals surface area contributed by atoms with E-state index in [4.69, 9.17) is 4.74 Å². The van der Waals surface area contributed by atoms with Crippen molar-refractivity contribution in [3.8, 4) is 0 Å². The Bertz CT molecular complexity index is 158. The van der Waals surface area contributed by atoms with E-state index in [2.05, 4.69) is 19.2 Å². The first-order valence-corrected chi connectivity index (χ1v) is 7.18. The fourth-order valence-electron chi connectivity index (χ4n) is 2.55. The molecule has 2 nitrogen and oxygen atoms in total. The molecule has 0 aromatic rings. The SMILES string of the molecule is CCOCCCCNC1CCC(CC)CC1.Cl. The molecule has 17 heavy (non-hydrogen) atoms. The van der Waals surface area contributed by atoms with E-state index in [9.17, 15) is 0 Å². The maximum atomic E-state index is 5.33. The molecule has 0 saturated heterocycles. The molecule has 0 unspecified atom stereocenters. The van der Waals surface area contributed by atoms with Gasteiger partial charge >= 0.3 is 0 Å². The Kier molecular flexibility index (Phi) is 11.4. The summed E-state index contributed by atoms with van der Waals surface area (Å²) in [6.45, 7) is 7.35. The van der Waals surface area contributed by atoms with Crippen molar-refractivity contribution < 1.29 is 4.74 Å².